The molecule has 4 rings (SSSR count). The number of hydrogen-bond donors (Lipinski definition) is 0. The van der Waals surface area contributed by atoms with Gasteiger partial charge in [-0.25, -0.2) is 8.42 Å². The number of nitriles is 1. The molecule has 0 amide bonds. The number of likely N-dealkylation sites (tertiary alicyclic amines) is 1. The van der Waals surface area contributed by atoms with E-state index in [1.807, 2.05) is 12.1 Å². The fourth-order valence-corrected chi connectivity index (χ4v) is 5.60. The van der Waals surface area contributed by atoms with Gasteiger partial charge < -0.3 is 4.74 Å². The fraction of sp³-hybridized carbons (Fsp3) is 0.458. The smallest absolute Gasteiger partial charge is 0.175 e. The summed E-state index contributed by atoms with van der Waals surface area (Å²) in [6.45, 7) is 3.95. The maximum atomic E-state index is 11.6. The minimum atomic E-state index is -3.18. The minimum Gasteiger partial charge on any atom is -0.493 e. The van der Waals surface area contributed by atoms with Crippen LogP contribution >= 0.6 is 0 Å². The maximum Gasteiger partial charge on any atom is 0.175 e. The lowest BCUT2D eigenvalue weighted by molar-refractivity contribution is 0.164. The van der Waals surface area contributed by atoms with E-state index in [4.69, 9.17) is 4.74 Å². The van der Waals surface area contributed by atoms with Crippen LogP contribution < -0.4 is 4.74 Å². The molecular weight excluding hydrogens is 396 g/mol. The Balaban J connectivity index is 1.35. The third-order valence-corrected chi connectivity index (χ3v) is 7.62. The Morgan fingerprint density at radius 1 is 1.20 bits per heavy atom. The van der Waals surface area contributed by atoms with Crippen LogP contribution in [-0.4, -0.2) is 44.8 Å². The van der Waals surface area contributed by atoms with E-state index in [2.05, 4.69) is 24.0 Å². The molecule has 0 N–H and O–H groups in total. The normalized spacial score (nSPS) is 24.2. The molecule has 0 radical (unpaired) electrons. The van der Waals surface area contributed by atoms with Gasteiger partial charge in [0.15, 0.2) is 9.84 Å². The highest BCUT2D eigenvalue weighted by Crippen LogP contribution is 2.33. The van der Waals surface area contributed by atoms with Crippen molar-refractivity contribution < 1.29 is 13.2 Å². The van der Waals surface area contributed by atoms with Crippen molar-refractivity contribution in [1.29, 1.82) is 5.26 Å². The van der Waals surface area contributed by atoms with E-state index in [1.54, 1.807) is 24.3 Å². The van der Waals surface area contributed by atoms with E-state index >= 15 is 0 Å². The first-order valence-electron chi connectivity index (χ1n) is 10.5. The van der Waals surface area contributed by atoms with Gasteiger partial charge in [-0.15, -0.1) is 0 Å². The average molecular weight is 425 g/mol. The second kappa shape index (κ2) is 8.41. The third kappa shape index (κ3) is 4.38. The number of benzene rings is 2. The lowest BCUT2D eigenvalue weighted by Gasteiger charge is -2.35. The molecule has 6 heteroatoms. The van der Waals surface area contributed by atoms with Gasteiger partial charge in [-0.2, -0.15) is 5.26 Å². The summed E-state index contributed by atoms with van der Waals surface area (Å²) in [6, 6.07) is 16.1. The summed E-state index contributed by atoms with van der Waals surface area (Å²) in [7, 11) is -3.18. The van der Waals surface area contributed by atoms with Crippen molar-refractivity contribution in [1.82, 2.24) is 4.90 Å². The van der Waals surface area contributed by atoms with Gasteiger partial charge in [0.1, 0.15) is 5.75 Å². The van der Waals surface area contributed by atoms with Crippen LogP contribution in [0.5, 0.6) is 5.75 Å². The zero-order valence-electron chi connectivity index (χ0n) is 17.5. The molecule has 0 bridgehead atoms. The highest BCUT2D eigenvalue weighted by Gasteiger charge is 2.35. The van der Waals surface area contributed by atoms with Gasteiger partial charge in [0, 0.05) is 30.8 Å². The second-order valence-corrected chi connectivity index (χ2v) is 10.7. The molecule has 0 spiro atoms. The van der Waals surface area contributed by atoms with E-state index in [1.165, 1.54) is 17.4 Å². The molecule has 2 aromatic rings. The number of sulfone groups is 1. The van der Waals surface area contributed by atoms with E-state index in [0.717, 1.165) is 37.8 Å². The number of fused-ring (bicyclic) bond motifs is 1. The van der Waals surface area contributed by atoms with Gasteiger partial charge in [0.25, 0.3) is 0 Å². The van der Waals surface area contributed by atoms with Crippen molar-refractivity contribution in [2.75, 3.05) is 19.4 Å². The van der Waals surface area contributed by atoms with Crippen LogP contribution in [0, 0.1) is 17.2 Å². The molecule has 5 nitrogen and oxygen atoms in total. The highest BCUT2D eigenvalue weighted by atomic mass is 32.2. The summed E-state index contributed by atoms with van der Waals surface area (Å²) >= 11 is 0. The zero-order chi connectivity index (χ0) is 21.3. The summed E-state index contributed by atoms with van der Waals surface area (Å²) in [5, 5.41) is 9.35. The SMILES string of the molecule is C[C@@H]1C[C@H](COc2ccc(S(C)(=O)=O)cc2)CN1C1CCc2c(C#N)cccc2C1. The first-order valence-corrected chi connectivity index (χ1v) is 12.4. The Morgan fingerprint density at radius 3 is 2.67 bits per heavy atom. The molecule has 1 saturated heterocycles. The number of rotatable bonds is 5. The van der Waals surface area contributed by atoms with Gasteiger partial charge >= 0.3 is 0 Å². The van der Waals surface area contributed by atoms with E-state index < -0.39 is 9.84 Å². The number of nitrogens with zero attached hydrogens (tertiary/aromatic N) is 2. The monoisotopic (exact) mass is 424 g/mol. The molecule has 1 heterocycles. The largest absolute Gasteiger partial charge is 0.493 e. The van der Waals surface area contributed by atoms with Crippen molar-refractivity contribution in [3.63, 3.8) is 0 Å². The van der Waals surface area contributed by atoms with Crippen LogP contribution in [0.4, 0.5) is 0 Å². The van der Waals surface area contributed by atoms with E-state index in [-0.39, 0.29) is 0 Å². The standard InChI is InChI=1S/C24H28N2O3S/c1-17-12-18(16-29-22-7-9-23(10-8-22)30(2,27)28)15-26(17)21-6-11-24-19(13-21)4-3-5-20(24)14-25/h3-5,7-10,17-18,21H,6,11-13,15-16H2,1-2H3/t17-,18+,21?/m1/s1. The first-order chi connectivity index (χ1) is 14.3. The summed E-state index contributed by atoms with van der Waals surface area (Å²) in [4.78, 5) is 2.93. The molecule has 1 fully saturated rings. The predicted octanol–water partition coefficient (Wildman–Crippen LogP) is 3.61. The van der Waals surface area contributed by atoms with Crippen LogP contribution in [0.3, 0.4) is 0 Å². The topological polar surface area (TPSA) is 70.4 Å². The molecule has 30 heavy (non-hydrogen) atoms. The van der Waals surface area contributed by atoms with Crippen LogP contribution in [0.15, 0.2) is 47.4 Å². The average Bonchev–Trinajstić information content (AvgIpc) is 3.11. The molecule has 1 aliphatic carbocycles. The Bertz CT molecular complexity index is 1060. The number of hydrogen-bond acceptors (Lipinski definition) is 5. The van der Waals surface area contributed by atoms with Crippen LogP contribution in [-0.2, 0) is 22.7 Å². The van der Waals surface area contributed by atoms with Crippen molar-refractivity contribution in [3.05, 3.63) is 59.2 Å². The van der Waals surface area contributed by atoms with Crippen molar-refractivity contribution in [2.24, 2.45) is 5.92 Å². The molecule has 0 aromatic heterocycles. The highest BCUT2D eigenvalue weighted by molar-refractivity contribution is 7.90. The van der Waals surface area contributed by atoms with Gasteiger partial charge in [0.05, 0.1) is 23.1 Å². The maximum absolute atomic E-state index is 11.6. The molecule has 2 aromatic carbocycles. The lowest BCUT2D eigenvalue weighted by Crippen LogP contribution is -2.41. The summed E-state index contributed by atoms with van der Waals surface area (Å²) in [5.74, 6) is 1.17. The number of ether oxygens (including phenoxy) is 1. The summed E-state index contributed by atoms with van der Waals surface area (Å²) in [5.41, 5.74) is 3.39. The Kier molecular flexibility index (Phi) is 5.86. The van der Waals surface area contributed by atoms with Crippen LogP contribution in [0.2, 0.25) is 0 Å². The molecule has 2 aliphatic rings. The first kappa shape index (κ1) is 20.9. The van der Waals surface area contributed by atoms with E-state index in [0.29, 0.717) is 35.3 Å². The molecule has 1 unspecified atom stereocenters. The van der Waals surface area contributed by atoms with Crippen molar-refractivity contribution in [2.45, 2.75) is 49.6 Å². The quantitative estimate of drug-likeness (QED) is 0.733. The molecule has 3 atom stereocenters. The van der Waals surface area contributed by atoms with E-state index in [9.17, 15) is 13.7 Å². The second-order valence-electron chi connectivity index (χ2n) is 8.65. The Labute approximate surface area is 179 Å². The zero-order valence-corrected chi connectivity index (χ0v) is 18.4. The summed E-state index contributed by atoms with van der Waals surface area (Å²) in [6.07, 6.45) is 5.39. The van der Waals surface area contributed by atoms with Gasteiger partial charge in [-0.3, -0.25) is 4.90 Å². The van der Waals surface area contributed by atoms with Crippen molar-refractivity contribution in [3.8, 4) is 11.8 Å². The molecule has 1 aliphatic heterocycles. The Hall–Kier alpha value is -2.36. The van der Waals surface area contributed by atoms with Gasteiger partial charge in [-0.05, 0) is 74.1 Å². The third-order valence-electron chi connectivity index (χ3n) is 6.49. The molecule has 158 valence electrons. The van der Waals surface area contributed by atoms with Crippen LogP contribution in [0.1, 0.15) is 36.5 Å². The predicted molar refractivity (Wildman–Crippen MR) is 116 cm³/mol. The lowest BCUT2D eigenvalue weighted by atomic mass is 9.85. The van der Waals surface area contributed by atoms with Gasteiger partial charge in [-0.1, -0.05) is 12.1 Å². The Morgan fingerprint density at radius 2 is 1.97 bits per heavy atom. The summed E-state index contributed by atoms with van der Waals surface area (Å²) < 4.78 is 29.1. The van der Waals surface area contributed by atoms with Gasteiger partial charge in [0.2, 0.25) is 0 Å². The van der Waals surface area contributed by atoms with Crippen LogP contribution in [0.25, 0.3) is 0 Å². The molecule has 0 saturated carbocycles. The van der Waals surface area contributed by atoms with Crippen molar-refractivity contribution >= 4 is 9.84 Å². The fourth-order valence-electron chi connectivity index (χ4n) is 4.97. The minimum absolute atomic E-state index is 0.313. The molecular formula is C24H28N2O3S.